The lowest BCUT2D eigenvalue weighted by molar-refractivity contribution is -0.278. The maximum absolute atomic E-state index is 14.9. The van der Waals surface area contributed by atoms with E-state index in [4.69, 9.17) is 9.47 Å². The first-order chi connectivity index (χ1) is 22.4. The van der Waals surface area contributed by atoms with Crippen LogP contribution in [0.25, 0.3) is 0 Å². The molecule has 4 rings (SSSR count). The van der Waals surface area contributed by atoms with Crippen molar-refractivity contribution < 1.29 is 46.6 Å². The van der Waals surface area contributed by atoms with E-state index in [1.165, 1.54) is 25.1 Å². The van der Waals surface area contributed by atoms with E-state index in [2.05, 4.69) is 5.32 Å². The summed E-state index contributed by atoms with van der Waals surface area (Å²) in [5, 5.41) is 3.10. The molecule has 262 valence electrons. The van der Waals surface area contributed by atoms with Crippen LogP contribution in [-0.4, -0.2) is 54.7 Å². The summed E-state index contributed by atoms with van der Waals surface area (Å²) in [6, 6.07) is 5.96. The van der Waals surface area contributed by atoms with Crippen molar-refractivity contribution >= 4 is 29.2 Å². The van der Waals surface area contributed by atoms with E-state index < -0.39 is 82.3 Å². The van der Waals surface area contributed by atoms with E-state index in [0.29, 0.717) is 12.0 Å². The van der Waals surface area contributed by atoms with E-state index in [1.807, 2.05) is 39.8 Å². The van der Waals surface area contributed by atoms with E-state index in [0.717, 1.165) is 24.8 Å². The van der Waals surface area contributed by atoms with Crippen molar-refractivity contribution in [3.63, 3.8) is 0 Å². The third kappa shape index (κ3) is 6.54. The molecule has 1 spiro atoms. The Kier molecular flexibility index (Phi) is 10.9. The number of esters is 1. The Balaban J connectivity index is 1.82. The number of amides is 1. The summed E-state index contributed by atoms with van der Waals surface area (Å²) >= 11 is 0. The molecule has 0 radical (unpaired) electrons. The lowest BCUT2D eigenvalue weighted by Crippen LogP contribution is -2.55. The highest BCUT2D eigenvalue weighted by Gasteiger charge is 2.67. The molecule has 11 heteroatoms. The van der Waals surface area contributed by atoms with Gasteiger partial charge in [0.15, 0.2) is 17.7 Å². The smallest absolute Gasteiger partial charge is 0.432 e. The number of alkyl halides is 3. The van der Waals surface area contributed by atoms with E-state index in [1.54, 1.807) is 6.92 Å². The van der Waals surface area contributed by atoms with E-state index >= 15 is 0 Å². The van der Waals surface area contributed by atoms with Gasteiger partial charge in [-0.3, -0.25) is 14.4 Å². The number of hydrogen-bond donors (Lipinski definition) is 1. The molecule has 3 aliphatic rings. The summed E-state index contributed by atoms with van der Waals surface area (Å²) in [5.74, 6) is -6.40. The van der Waals surface area contributed by atoms with Crippen molar-refractivity contribution in [3.8, 4) is 0 Å². The van der Waals surface area contributed by atoms with Gasteiger partial charge in [0.05, 0.1) is 0 Å². The first kappa shape index (κ1) is 37.2. The van der Waals surface area contributed by atoms with Gasteiger partial charge in [-0.05, 0) is 51.9 Å². The van der Waals surface area contributed by atoms with Crippen LogP contribution >= 0.6 is 0 Å². The molecule has 1 aromatic carbocycles. The number of halogens is 3. The molecule has 1 amide bonds. The molecule has 8 atom stereocenters. The van der Waals surface area contributed by atoms with E-state index in [9.17, 15) is 37.1 Å². The van der Waals surface area contributed by atoms with Crippen molar-refractivity contribution in [2.45, 2.75) is 97.6 Å². The van der Waals surface area contributed by atoms with Crippen LogP contribution < -0.4 is 5.32 Å². The Morgan fingerprint density at radius 2 is 1.71 bits per heavy atom. The van der Waals surface area contributed by atoms with Crippen LogP contribution in [-0.2, 0) is 39.0 Å². The minimum atomic E-state index is -5.26. The number of benzene rings is 1. The first-order valence-electron chi connectivity index (χ1n) is 16.5. The molecular weight excluding hydrogens is 627 g/mol. The molecule has 1 N–H and O–H groups in total. The summed E-state index contributed by atoms with van der Waals surface area (Å²) in [6.45, 7) is 11.0. The zero-order chi connectivity index (χ0) is 35.8. The molecule has 1 heterocycles. The molecule has 1 saturated heterocycles. The summed E-state index contributed by atoms with van der Waals surface area (Å²) in [5.41, 5.74) is -3.98. The fraction of sp³-hybridized carbons (Fsp3) is 0.595. The van der Waals surface area contributed by atoms with Gasteiger partial charge in [0, 0.05) is 49.3 Å². The molecule has 0 bridgehead atoms. The van der Waals surface area contributed by atoms with Gasteiger partial charge in [0.2, 0.25) is 5.91 Å². The molecule has 2 aliphatic carbocycles. The average molecular weight is 674 g/mol. The zero-order valence-electron chi connectivity index (χ0n) is 28.6. The number of ketones is 3. The number of allylic oxidation sites excluding steroid dienone is 4. The van der Waals surface area contributed by atoms with Gasteiger partial charge in [-0.1, -0.05) is 74.4 Å². The summed E-state index contributed by atoms with van der Waals surface area (Å²) in [6.07, 6.45) is -3.58. The molecule has 0 unspecified atom stereocenters. The van der Waals surface area contributed by atoms with Gasteiger partial charge in [-0.15, -0.1) is 0 Å². The Bertz CT molecular complexity index is 1500. The second-order valence-corrected chi connectivity index (χ2v) is 14.2. The molecular formula is C37H46F3NO7. The highest BCUT2D eigenvalue weighted by atomic mass is 19.4. The summed E-state index contributed by atoms with van der Waals surface area (Å²) in [4.78, 5) is 69.3. The van der Waals surface area contributed by atoms with Crippen molar-refractivity contribution in [2.24, 2.45) is 35.0 Å². The number of ether oxygens (including phenoxy) is 2. The van der Waals surface area contributed by atoms with Crippen molar-refractivity contribution in [1.82, 2.24) is 5.32 Å². The number of carbonyl (C=O) groups is 5. The largest absolute Gasteiger partial charge is 0.452 e. The quantitative estimate of drug-likeness (QED) is 0.198. The van der Waals surface area contributed by atoms with Crippen LogP contribution in [0.1, 0.15) is 79.2 Å². The second kappa shape index (κ2) is 14.1. The SMILES string of the molecule is CO[C@](C(=O)O[C@@H]1CC/C(C)=C/[C@H]2C=C(C)[C@@H](C)[C@H]3[C@H](CC(C)C)NC(=O)[C@]32C(=O)[C@H](CC(C)=O)CC1=O)(c1ccccc1)C(F)(F)F. The maximum atomic E-state index is 14.9. The second-order valence-electron chi connectivity index (χ2n) is 14.2. The third-order valence-electron chi connectivity index (χ3n) is 10.4. The molecule has 48 heavy (non-hydrogen) atoms. The molecule has 0 saturated carbocycles. The van der Waals surface area contributed by atoms with Gasteiger partial charge in [0.1, 0.15) is 11.2 Å². The highest BCUT2D eigenvalue weighted by molar-refractivity contribution is 6.12. The lowest BCUT2D eigenvalue weighted by Gasteiger charge is -2.46. The van der Waals surface area contributed by atoms with Crippen molar-refractivity contribution in [1.29, 1.82) is 0 Å². The number of Topliss-reactive ketones (excluding diaryl/α,β-unsaturated/α-hetero) is 3. The predicted octanol–water partition coefficient (Wildman–Crippen LogP) is 6.23. The number of methoxy groups -OCH3 is 1. The van der Waals surface area contributed by atoms with Gasteiger partial charge in [0.25, 0.3) is 5.60 Å². The van der Waals surface area contributed by atoms with Crippen LogP contribution in [0.2, 0.25) is 0 Å². The Hall–Kier alpha value is -3.60. The minimum Gasteiger partial charge on any atom is -0.452 e. The van der Waals surface area contributed by atoms with Gasteiger partial charge in [-0.2, -0.15) is 13.2 Å². The van der Waals surface area contributed by atoms with Crippen LogP contribution in [0, 0.1) is 35.0 Å². The van der Waals surface area contributed by atoms with Crippen LogP contribution in [0.4, 0.5) is 13.2 Å². The Labute approximate surface area is 279 Å². The predicted molar refractivity (Wildman–Crippen MR) is 171 cm³/mol. The van der Waals surface area contributed by atoms with Crippen molar-refractivity contribution in [3.05, 3.63) is 59.2 Å². The van der Waals surface area contributed by atoms with E-state index in [-0.39, 0.29) is 37.1 Å². The molecule has 1 fully saturated rings. The number of hydrogen-bond acceptors (Lipinski definition) is 7. The number of nitrogens with one attached hydrogen (secondary N) is 1. The van der Waals surface area contributed by atoms with Crippen LogP contribution in [0.5, 0.6) is 0 Å². The Morgan fingerprint density at radius 1 is 1.06 bits per heavy atom. The van der Waals surface area contributed by atoms with Crippen LogP contribution in [0.3, 0.4) is 0 Å². The third-order valence-corrected chi connectivity index (χ3v) is 10.4. The summed E-state index contributed by atoms with van der Waals surface area (Å²) < 4.78 is 54.3. The summed E-state index contributed by atoms with van der Waals surface area (Å²) in [7, 11) is 0.739. The normalized spacial score (nSPS) is 32.1. The molecule has 0 aromatic heterocycles. The van der Waals surface area contributed by atoms with Gasteiger partial charge >= 0.3 is 12.1 Å². The standard InChI is InChI=1S/C37H46F3NO7/c1-20(2)15-28-31-24(6)22(4)17-27-16-21(3)13-14-30(29(43)19-25(18-23(5)42)32(44)35(27,31)33(45)41-28)48-34(46)36(47-7,37(38,39)40)26-11-9-8-10-12-26/h8-12,16-17,20,24-25,27-28,30-31H,13-15,18-19H2,1-7H3,(H,41,45)/b21-16+/t24-,25-,27+,28+,30-,31+,35+,36+/m1/s1. The molecule has 8 nitrogen and oxygen atoms in total. The van der Waals surface area contributed by atoms with Gasteiger partial charge < -0.3 is 19.6 Å². The zero-order valence-corrected chi connectivity index (χ0v) is 28.6. The van der Waals surface area contributed by atoms with Crippen LogP contribution in [0.15, 0.2) is 53.6 Å². The number of carbonyl (C=O) groups excluding carboxylic acids is 5. The fourth-order valence-electron chi connectivity index (χ4n) is 8.10. The molecule has 1 aromatic rings. The Morgan fingerprint density at radius 3 is 2.27 bits per heavy atom. The van der Waals surface area contributed by atoms with Gasteiger partial charge in [-0.25, -0.2) is 4.79 Å². The maximum Gasteiger partial charge on any atom is 0.432 e. The average Bonchev–Trinajstić information content (AvgIpc) is 3.28. The first-order valence-corrected chi connectivity index (χ1v) is 16.5. The molecule has 1 aliphatic heterocycles. The minimum absolute atomic E-state index is 0.128. The monoisotopic (exact) mass is 673 g/mol. The number of rotatable bonds is 8. The fourth-order valence-corrected chi connectivity index (χ4v) is 8.10. The topological polar surface area (TPSA) is 116 Å². The lowest BCUT2D eigenvalue weighted by atomic mass is 9.53. The highest BCUT2D eigenvalue weighted by Crippen LogP contribution is 2.56. The van der Waals surface area contributed by atoms with Crippen molar-refractivity contribution in [2.75, 3.05) is 7.11 Å².